The minimum atomic E-state index is -0.0858. The van der Waals surface area contributed by atoms with Gasteiger partial charge in [0.1, 0.15) is 0 Å². The lowest BCUT2D eigenvalue weighted by atomic mass is 10.1. The Bertz CT molecular complexity index is 223. The average molecular weight is 227 g/mol. The van der Waals surface area contributed by atoms with Crippen LogP contribution in [0, 0.1) is 0 Å². The normalized spacial score (nSPS) is 31.0. The standard InChI is InChI=1S/C11H21N3O2/c15-11(10-8-12-4-5-13-10)14-7-9-3-1-2-6-16-9/h9-10,12-13H,1-8H2,(H,14,15). The quantitative estimate of drug-likeness (QED) is 0.593. The molecule has 3 N–H and O–H groups in total. The van der Waals surface area contributed by atoms with E-state index >= 15 is 0 Å². The van der Waals surface area contributed by atoms with E-state index in [0.29, 0.717) is 6.54 Å². The fourth-order valence-electron chi connectivity index (χ4n) is 2.14. The number of rotatable bonds is 3. The van der Waals surface area contributed by atoms with E-state index in [1.54, 1.807) is 0 Å². The molecule has 0 radical (unpaired) electrons. The van der Waals surface area contributed by atoms with Gasteiger partial charge in [0.2, 0.25) is 5.91 Å². The Morgan fingerprint density at radius 2 is 2.31 bits per heavy atom. The fourth-order valence-corrected chi connectivity index (χ4v) is 2.14. The maximum absolute atomic E-state index is 11.8. The molecule has 2 heterocycles. The Kier molecular flexibility index (Phi) is 4.56. The summed E-state index contributed by atoms with van der Waals surface area (Å²) in [5.41, 5.74) is 0. The van der Waals surface area contributed by atoms with Crippen LogP contribution in [-0.2, 0) is 9.53 Å². The van der Waals surface area contributed by atoms with E-state index in [-0.39, 0.29) is 18.1 Å². The topological polar surface area (TPSA) is 62.4 Å². The zero-order valence-corrected chi connectivity index (χ0v) is 9.63. The Labute approximate surface area is 96.3 Å². The van der Waals surface area contributed by atoms with Gasteiger partial charge in [-0.1, -0.05) is 0 Å². The summed E-state index contributed by atoms with van der Waals surface area (Å²) in [6, 6.07) is -0.0858. The third kappa shape index (κ3) is 3.43. The van der Waals surface area contributed by atoms with Gasteiger partial charge in [0.25, 0.3) is 0 Å². The molecule has 2 unspecified atom stereocenters. The van der Waals surface area contributed by atoms with Crippen LogP contribution < -0.4 is 16.0 Å². The lowest BCUT2D eigenvalue weighted by molar-refractivity contribution is -0.124. The van der Waals surface area contributed by atoms with E-state index in [2.05, 4.69) is 16.0 Å². The molecule has 0 spiro atoms. The second-order valence-electron chi connectivity index (χ2n) is 4.44. The molecule has 2 atom stereocenters. The first kappa shape index (κ1) is 11.8. The van der Waals surface area contributed by atoms with Crippen LogP contribution in [0.3, 0.4) is 0 Å². The molecular weight excluding hydrogens is 206 g/mol. The van der Waals surface area contributed by atoms with Gasteiger partial charge < -0.3 is 20.7 Å². The van der Waals surface area contributed by atoms with Crippen LogP contribution in [0.2, 0.25) is 0 Å². The van der Waals surface area contributed by atoms with Gasteiger partial charge in [0.15, 0.2) is 0 Å². The summed E-state index contributed by atoms with van der Waals surface area (Å²) >= 11 is 0. The summed E-state index contributed by atoms with van der Waals surface area (Å²) in [5, 5.41) is 9.35. The lowest BCUT2D eigenvalue weighted by Crippen LogP contribution is -2.56. The van der Waals surface area contributed by atoms with Crippen molar-refractivity contribution >= 4 is 5.91 Å². The van der Waals surface area contributed by atoms with Crippen LogP contribution in [0.15, 0.2) is 0 Å². The van der Waals surface area contributed by atoms with E-state index < -0.39 is 0 Å². The van der Waals surface area contributed by atoms with Gasteiger partial charge in [-0.15, -0.1) is 0 Å². The molecule has 0 aromatic rings. The van der Waals surface area contributed by atoms with Gasteiger partial charge in [-0.05, 0) is 19.3 Å². The Morgan fingerprint density at radius 3 is 3.00 bits per heavy atom. The van der Waals surface area contributed by atoms with Crippen LogP contribution in [-0.4, -0.2) is 50.8 Å². The van der Waals surface area contributed by atoms with Gasteiger partial charge >= 0.3 is 0 Å². The first-order valence-electron chi connectivity index (χ1n) is 6.19. The molecule has 2 saturated heterocycles. The molecule has 0 bridgehead atoms. The Balaban J connectivity index is 1.65. The molecule has 1 amide bonds. The molecule has 0 saturated carbocycles. The molecule has 0 aromatic carbocycles. The molecule has 16 heavy (non-hydrogen) atoms. The number of amides is 1. The second kappa shape index (κ2) is 6.18. The number of piperazine rings is 1. The third-order valence-corrected chi connectivity index (χ3v) is 3.14. The van der Waals surface area contributed by atoms with Crippen LogP contribution >= 0.6 is 0 Å². The Hall–Kier alpha value is -0.650. The fraction of sp³-hybridized carbons (Fsp3) is 0.909. The monoisotopic (exact) mass is 227 g/mol. The first-order chi connectivity index (χ1) is 7.86. The van der Waals surface area contributed by atoms with Gasteiger partial charge in [0.05, 0.1) is 12.1 Å². The summed E-state index contributed by atoms with van der Waals surface area (Å²) in [4.78, 5) is 11.8. The first-order valence-corrected chi connectivity index (χ1v) is 6.19. The van der Waals surface area contributed by atoms with Crippen molar-refractivity contribution in [1.29, 1.82) is 0 Å². The van der Waals surface area contributed by atoms with Crippen molar-refractivity contribution in [2.24, 2.45) is 0 Å². The van der Waals surface area contributed by atoms with Crippen molar-refractivity contribution in [2.75, 3.05) is 32.8 Å². The van der Waals surface area contributed by atoms with E-state index in [1.165, 1.54) is 6.42 Å². The second-order valence-corrected chi connectivity index (χ2v) is 4.44. The highest BCUT2D eigenvalue weighted by atomic mass is 16.5. The van der Waals surface area contributed by atoms with Crippen LogP contribution in [0.1, 0.15) is 19.3 Å². The highest BCUT2D eigenvalue weighted by molar-refractivity contribution is 5.82. The van der Waals surface area contributed by atoms with Crippen molar-refractivity contribution in [3.8, 4) is 0 Å². The number of carbonyl (C=O) groups is 1. The van der Waals surface area contributed by atoms with E-state index in [4.69, 9.17) is 4.74 Å². The molecule has 2 rings (SSSR count). The predicted molar refractivity (Wildman–Crippen MR) is 61.3 cm³/mol. The average Bonchev–Trinajstić information content (AvgIpc) is 2.38. The summed E-state index contributed by atoms with van der Waals surface area (Å²) < 4.78 is 5.56. The largest absolute Gasteiger partial charge is 0.376 e. The summed E-state index contributed by atoms with van der Waals surface area (Å²) in [6.07, 6.45) is 3.65. The molecule has 2 aliphatic rings. The van der Waals surface area contributed by atoms with Crippen LogP contribution in [0.4, 0.5) is 0 Å². The summed E-state index contributed by atoms with van der Waals surface area (Å²) in [6.45, 7) is 4.01. The van der Waals surface area contributed by atoms with Crippen LogP contribution in [0.25, 0.3) is 0 Å². The van der Waals surface area contributed by atoms with Gasteiger partial charge in [-0.25, -0.2) is 0 Å². The van der Waals surface area contributed by atoms with Crippen molar-refractivity contribution in [1.82, 2.24) is 16.0 Å². The molecule has 5 heteroatoms. The van der Waals surface area contributed by atoms with Crippen LogP contribution in [0.5, 0.6) is 0 Å². The Morgan fingerprint density at radius 1 is 1.38 bits per heavy atom. The van der Waals surface area contributed by atoms with Crippen molar-refractivity contribution in [3.05, 3.63) is 0 Å². The van der Waals surface area contributed by atoms with Gasteiger partial charge in [0, 0.05) is 32.8 Å². The van der Waals surface area contributed by atoms with Crippen molar-refractivity contribution < 1.29 is 9.53 Å². The molecule has 2 fully saturated rings. The minimum absolute atomic E-state index is 0.0846. The van der Waals surface area contributed by atoms with E-state index in [1.807, 2.05) is 0 Å². The minimum Gasteiger partial charge on any atom is -0.376 e. The molecule has 0 aromatic heterocycles. The molecule has 2 aliphatic heterocycles. The zero-order chi connectivity index (χ0) is 11.2. The lowest BCUT2D eigenvalue weighted by Gasteiger charge is -2.26. The van der Waals surface area contributed by atoms with Crippen molar-refractivity contribution in [2.45, 2.75) is 31.4 Å². The predicted octanol–water partition coefficient (Wildman–Crippen LogP) is -0.767. The highest BCUT2D eigenvalue weighted by Crippen LogP contribution is 2.11. The van der Waals surface area contributed by atoms with E-state index in [0.717, 1.165) is 39.1 Å². The zero-order valence-electron chi connectivity index (χ0n) is 9.63. The number of hydrogen-bond acceptors (Lipinski definition) is 4. The smallest absolute Gasteiger partial charge is 0.238 e. The molecule has 92 valence electrons. The van der Waals surface area contributed by atoms with Gasteiger partial charge in [-0.2, -0.15) is 0 Å². The van der Waals surface area contributed by atoms with Gasteiger partial charge in [-0.3, -0.25) is 4.79 Å². The van der Waals surface area contributed by atoms with Crippen molar-refractivity contribution in [3.63, 3.8) is 0 Å². The number of nitrogens with one attached hydrogen (secondary N) is 3. The molecule has 5 nitrogen and oxygen atoms in total. The van der Waals surface area contributed by atoms with E-state index in [9.17, 15) is 4.79 Å². The molecular formula is C11H21N3O2. The number of hydrogen-bond donors (Lipinski definition) is 3. The third-order valence-electron chi connectivity index (χ3n) is 3.14. The summed E-state index contributed by atoms with van der Waals surface area (Å²) in [7, 11) is 0. The number of ether oxygens (including phenoxy) is 1. The molecule has 0 aliphatic carbocycles. The highest BCUT2D eigenvalue weighted by Gasteiger charge is 2.21. The maximum Gasteiger partial charge on any atom is 0.238 e. The maximum atomic E-state index is 11.8. The number of carbonyl (C=O) groups excluding carboxylic acids is 1. The summed E-state index contributed by atoms with van der Waals surface area (Å²) in [5.74, 6) is 0.0846. The SMILES string of the molecule is O=C(NCC1CCCCO1)C1CNCCN1.